The van der Waals surface area contributed by atoms with E-state index in [0.717, 1.165) is 25.9 Å². The largest absolute Gasteiger partial charge is 0.381 e. The predicted molar refractivity (Wildman–Crippen MR) is 65.0 cm³/mol. The quantitative estimate of drug-likeness (QED) is 0.728. The molecule has 1 heterocycles. The van der Waals surface area contributed by atoms with Crippen LogP contribution in [0.5, 0.6) is 0 Å². The van der Waals surface area contributed by atoms with Gasteiger partial charge in [0.1, 0.15) is 0 Å². The van der Waals surface area contributed by atoms with E-state index in [4.69, 9.17) is 19.9 Å². The van der Waals surface area contributed by atoms with Crippen LogP contribution in [0.1, 0.15) is 12.8 Å². The van der Waals surface area contributed by atoms with Gasteiger partial charge in [0.2, 0.25) is 0 Å². The van der Waals surface area contributed by atoms with Gasteiger partial charge in [-0.15, -0.1) is 0 Å². The molecule has 1 saturated heterocycles. The summed E-state index contributed by atoms with van der Waals surface area (Å²) in [7, 11) is 5.26. The normalized spacial score (nSPS) is 42.7. The first-order chi connectivity index (χ1) is 8.19. The highest BCUT2D eigenvalue weighted by atomic mass is 16.5. The number of nitrogens with two attached hydrogens (primary N) is 1. The zero-order chi connectivity index (χ0) is 12.5. The van der Waals surface area contributed by atoms with E-state index in [2.05, 4.69) is 4.90 Å². The predicted octanol–water partition coefficient (Wildman–Crippen LogP) is -0.162. The molecule has 2 atom stereocenters. The average molecular weight is 244 g/mol. The van der Waals surface area contributed by atoms with Crippen molar-refractivity contribution in [1.29, 1.82) is 0 Å². The summed E-state index contributed by atoms with van der Waals surface area (Å²) in [5, 5.41) is 0. The highest BCUT2D eigenvalue weighted by molar-refractivity contribution is 5.07. The van der Waals surface area contributed by atoms with Crippen molar-refractivity contribution in [3.05, 3.63) is 0 Å². The Kier molecular flexibility index (Phi) is 4.05. The molecule has 2 fully saturated rings. The van der Waals surface area contributed by atoms with Crippen LogP contribution in [-0.4, -0.2) is 69.7 Å². The molecule has 2 unspecified atom stereocenters. The van der Waals surface area contributed by atoms with Gasteiger partial charge in [-0.05, 0) is 12.8 Å². The second-order valence-electron chi connectivity index (χ2n) is 5.15. The van der Waals surface area contributed by atoms with Gasteiger partial charge in [-0.25, -0.2) is 0 Å². The molecule has 0 bridgehead atoms. The smallest absolute Gasteiger partial charge is 0.0972 e. The fraction of sp³-hybridized carbons (Fsp3) is 1.00. The summed E-state index contributed by atoms with van der Waals surface area (Å²) in [6.07, 6.45) is 2.72. The van der Waals surface area contributed by atoms with Crippen molar-refractivity contribution >= 4 is 0 Å². The summed E-state index contributed by atoms with van der Waals surface area (Å²) < 4.78 is 16.3. The Morgan fingerprint density at radius 3 is 1.94 bits per heavy atom. The monoisotopic (exact) mass is 244 g/mol. The molecule has 0 spiro atoms. The van der Waals surface area contributed by atoms with Crippen molar-refractivity contribution in [3.8, 4) is 0 Å². The van der Waals surface area contributed by atoms with Gasteiger partial charge in [0.25, 0.3) is 0 Å². The van der Waals surface area contributed by atoms with Crippen molar-refractivity contribution in [2.24, 2.45) is 5.73 Å². The van der Waals surface area contributed by atoms with Gasteiger partial charge in [0.05, 0.1) is 18.3 Å². The van der Waals surface area contributed by atoms with E-state index in [1.807, 2.05) is 0 Å². The third-order valence-corrected chi connectivity index (χ3v) is 4.42. The first kappa shape index (κ1) is 13.2. The molecule has 0 radical (unpaired) electrons. The van der Waals surface area contributed by atoms with E-state index in [1.165, 1.54) is 0 Å². The summed E-state index contributed by atoms with van der Waals surface area (Å²) in [4.78, 5) is 2.42. The van der Waals surface area contributed by atoms with E-state index in [9.17, 15) is 0 Å². The Balaban J connectivity index is 1.98. The molecule has 100 valence electrons. The second kappa shape index (κ2) is 5.20. The first-order valence-corrected chi connectivity index (χ1v) is 6.22. The van der Waals surface area contributed by atoms with Crippen LogP contribution in [0.2, 0.25) is 0 Å². The van der Waals surface area contributed by atoms with E-state index in [1.54, 1.807) is 21.3 Å². The van der Waals surface area contributed by atoms with Crippen molar-refractivity contribution < 1.29 is 14.2 Å². The fourth-order valence-electron chi connectivity index (χ4n) is 3.09. The molecule has 0 aromatic heterocycles. The number of rotatable bonds is 5. The lowest BCUT2D eigenvalue weighted by atomic mass is 9.73. The van der Waals surface area contributed by atoms with Crippen LogP contribution < -0.4 is 5.73 Å². The van der Waals surface area contributed by atoms with E-state index in [0.29, 0.717) is 12.6 Å². The topological polar surface area (TPSA) is 57.0 Å². The maximum atomic E-state index is 5.96. The van der Waals surface area contributed by atoms with Gasteiger partial charge in [0.15, 0.2) is 0 Å². The van der Waals surface area contributed by atoms with Crippen LogP contribution in [0.3, 0.4) is 0 Å². The van der Waals surface area contributed by atoms with Gasteiger partial charge < -0.3 is 19.9 Å². The molecule has 0 aromatic rings. The molecule has 1 aliphatic carbocycles. The average Bonchev–Trinajstić information content (AvgIpc) is 2.72. The maximum absolute atomic E-state index is 5.96. The lowest BCUT2D eigenvalue weighted by molar-refractivity contribution is -0.0839. The van der Waals surface area contributed by atoms with Crippen molar-refractivity contribution in [3.63, 3.8) is 0 Å². The fourth-order valence-corrected chi connectivity index (χ4v) is 3.09. The summed E-state index contributed by atoms with van der Waals surface area (Å²) in [6, 6.07) is 0. The molecule has 2 aliphatic rings. The first-order valence-electron chi connectivity index (χ1n) is 6.22. The van der Waals surface area contributed by atoms with Gasteiger partial charge >= 0.3 is 0 Å². The maximum Gasteiger partial charge on any atom is 0.0972 e. The van der Waals surface area contributed by atoms with Gasteiger partial charge in [-0.3, -0.25) is 4.90 Å². The second-order valence-corrected chi connectivity index (χ2v) is 5.15. The summed E-state index contributed by atoms with van der Waals surface area (Å²) in [5.74, 6) is 0. The zero-order valence-corrected chi connectivity index (χ0v) is 11.0. The van der Waals surface area contributed by atoms with Gasteiger partial charge in [-0.2, -0.15) is 0 Å². The molecule has 5 heteroatoms. The lowest BCUT2D eigenvalue weighted by Gasteiger charge is -2.52. The standard InChI is InChI=1S/C12H24N2O3/c1-15-9-4-12(5-9,8-13)14-6-10(16-2)11(7-14)17-3/h9-11H,4-8,13H2,1-3H3. The lowest BCUT2D eigenvalue weighted by Crippen LogP contribution is -2.63. The minimum Gasteiger partial charge on any atom is -0.381 e. The van der Waals surface area contributed by atoms with Gasteiger partial charge in [-0.1, -0.05) is 0 Å². The Morgan fingerprint density at radius 1 is 1.06 bits per heavy atom. The number of methoxy groups -OCH3 is 3. The summed E-state index contributed by atoms with van der Waals surface area (Å²) >= 11 is 0. The van der Waals surface area contributed by atoms with Crippen LogP contribution >= 0.6 is 0 Å². The number of ether oxygens (including phenoxy) is 3. The summed E-state index contributed by atoms with van der Waals surface area (Å²) in [6.45, 7) is 2.49. The third-order valence-electron chi connectivity index (χ3n) is 4.42. The minimum atomic E-state index is 0.102. The third kappa shape index (κ3) is 2.22. The molecule has 17 heavy (non-hydrogen) atoms. The molecule has 0 amide bonds. The number of nitrogens with zero attached hydrogens (tertiary/aromatic N) is 1. The van der Waals surface area contributed by atoms with Crippen LogP contribution in [0.15, 0.2) is 0 Å². The van der Waals surface area contributed by atoms with Crippen molar-refractivity contribution in [1.82, 2.24) is 4.90 Å². The zero-order valence-electron chi connectivity index (χ0n) is 11.0. The molecule has 2 rings (SSSR count). The molecular weight excluding hydrogens is 220 g/mol. The summed E-state index contributed by atoms with van der Waals surface area (Å²) in [5.41, 5.74) is 6.06. The van der Waals surface area contributed by atoms with Gasteiger partial charge in [0, 0.05) is 46.5 Å². The van der Waals surface area contributed by atoms with E-state index in [-0.39, 0.29) is 17.7 Å². The van der Waals surface area contributed by atoms with Crippen LogP contribution in [0.4, 0.5) is 0 Å². The molecule has 0 aromatic carbocycles. The Morgan fingerprint density at radius 2 is 1.59 bits per heavy atom. The van der Waals surface area contributed by atoms with E-state index >= 15 is 0 Å². The highest BCUT2D eigenvalue weighted by Gasteiger charge is 2.51. The van der Waals surface area contributed by atoms with Crippen molar-refractivity contribution in [2.75, 3.05) is 41.0 Å². The Bertz CT molecular complexity index is 244. The number of likely N-dealkylation sites (tertiary alicyclic amines) is 1. The van der Waals surface area contributed by atoms with E-state index < -0.39 is 0 Å². The number of hydrogen-bond acceptors (Lipinski definition) is 5. The molecule has 1 saturated carbocycles. The minimum absolute atomic E-state index is 0.102. The number of hydrogen-bond donors (Lipinski definition) is 1. The Hall–Kier alpha value is -0.200. The highest BCUT2D eigenvalue weighted by Crippen LogP contribution is 2.41. The molecule has 1 aliphatic heterocycles. The van der Waals surface area contributed by atoms with Crippen LogP contribution in [0, 0.1) is 0 Å². The van der Waals surface area contributed by atoms with Crippen LogP contribution in [0.25, 0.3) is 0 Å². The van der Waals surface area contributed by atoms with Crippen LogP contribution in [-0.2, 0) is 14.2 Å². The molecular formula is C12H24N2O3. The molecule has 5 nitrogen and oxygen atoms in total. The van der Waals surface area contributed by atoms with Crippen molar-refractivity contribution in [2.45, 2.75) is 36.7 Å². The SMILES string of the molecule is COC1CC(CN)(N2CC(OC)C(OC)C2)C1. The molecule has 2 N–H and O–H groups in total. The Labute approximate surface area is 103 Å².